The first-order chi connectivity index (χ1) is 7.31. The normalized spacial score (nSPS) is 27.9. The molecule has 1 heterocycles. The van der Waals surface area contributed by atoms with Crippen LogP contribution in [0.4, 0.5) is 0 Å². The number of likely N-dealkylation sites (N-methyl/N-ethyl adjacent to an activating group) is 1. The van der Waals surface area contributed by atoms with Gasteiger partial charge in [-0.1, -0.05) is 19.3 Å². The van der Waals surface area contributed by atoms with E-state index in [1.54, 1.807) is 0 Å². The molecule has 0 aromatic carbocycles. The van der Waals surface area contributed by atoms with Gasteiger partial charge in [0.2, 0.25) is 5.91 Å². The summed E-state index contributed by atoms with van der Waals surface area (Å²) in [7, 11) is 1.89. The molecule has 1 atom stereocenters. The largest absolute Gasteiger partial charge is 0.341 e. The van der Waals surface area contributed by atoms with E-state index in [2.05, 4.69) is 10.2 Å². The number of nitrogens with zero attached hydrogens (tertiary/aromatic N) is 1. The number of piperidine rings is 1. The molecule has 1 saturated heterocycles. The van der Waals surface area contributed by atoms with Crippen LogP contribution >= 0.6 is 0 Å². The standard InChI is InChI=1S/C12H22N2O/c1-13-11-6-3-8-14(12(11)15)9-7-10-4-2-5-10/h10-11,13H,2-9H2,1H3. The Hall–Kier alpha value is -0.570. The summed E-state index contributed by atoms with van der Waals surface area (Å²) in [4.78, 5) is 14.0. The van der Waals surface area contributed by atoms with Crippen LogP contribution in [0.15, 0.2) is 0 Å². The van der Waals surface area contributed by atoms with Crippen molar-refractivity contribution in [3.05, 3.63) is 0 Å². The number of rotatable bonds is 4. The van der Waals surface area contributed by atoms with Crippen LogP contribution in [0, 0.1) is 5.92 Å². The van der Waals surface area contributed by atoms with Gasteiger partial charge in [-0.3, -0.25) is 4.79 Å². The Labute approximate surface area is 92.2 Å². The second-order valence-corrected chi connectivity index (χ2v) is 4.89. The number of carbonyl (C=O) groups excluding carboxylic acids is 1. The van der Waals surface area contributed by atoms with Gasteiger partial charge in [0.15, 0.2) is 0 Å². The van der Waals surface area contributed by atoms with Gasteiger partial charge in [-0.05, 0) is 32.2 Å². The third kappa shape index (κ3) is 2.51. The number of hydrogen-bond acceptors (Lipinski definition) is 2. The summed E-state index contributed by atoms with van der Waals surface area (Å²) in [5, 5.41) is 3.11. The molecule has 2 fully saturated rings. The molecule has 1 saturated carbocycles. The molecule has 3 heteroatoms. The lowest BCUT2D eigenvalue weighted by molar-refractivity contribution is -0.136. The van der Waals surface area contributed by atoms with Gasteiger partial charge in [0.1, 0.15) is 0 Å². The van der Waals surface area contributed by atoms with Crippen LogP contribution in [0.1, 0.15) is 38.5 Å². The van der Waals surface area contributed by atoms with E-state index in [0.29, 0.717) is 5.91 Å². The maximum absolute atomic E-state index is 11.9. The Morgan fingerprint density at radius 1 is 1.33 bits per heavy atom. The topological polar surface area (TPSA) is 32.3 Å². The van der Waals surface area contributed by atoms with Gasteiger partial charge in [0.25, 0.3) is 0 Å². The van der Waals surface area contributed by atoms with Crippen LogP contribution in [-0.4, -0.2) is 37.0 Å². The maximum Gasteiger partial charge on any atom is 0.239 e. The molecule has 1 N–H and O–H groups in total. The second-order valence-electron chi connectivity index (χ2n) is 4.89. The molecule has 86 valence electrons. The van der Waals surface area contributed by atoms with Crippen molar-refractivity contribution in [1.29, 1.82) is 0 Å². The van der Waals surface area contributed by atoms with Gasteiger partial charge in [-0.15, -0.1) is 0 Å². The molecular weight excluding hydrogens is 188 g/mol. The number of nitrogens with one attached hydrogen (secondary N) is 1. The summed E-state index contributed by atoms with van der Waals surface area (Å²) < 4.78 is 0. The third-order valence-electron chi connectivity index (χ3n) is 3.91. The molecule has 0 spiro atoms. The summed E-state index contributed by atoms with van der Waals surface area (Å²) >= 11 is 0. The van der Waals surface area contributed by atoms with Crippen molar-refractivity contribution in [3.8, 4) is 0 Å². The molecule has 0 radical (unpaired) electrons. The van der Waals surface area contributed by atoms with Crippen molar-refractivity contribution in [3.63, 3.8) is 0 Å². The van der Waals surface area contributed by atoms with Crippen molar-refractivity contribution in [1.82, 2.24) is 10.2 Å². The lowest BCUT2D eigenvalue weighted by Crippen LogP contribution is -2.50. The average molecular weight is 210 g/mol. The molecule has 1 aliphatic carbocycles. The molecule has 1 aliphatic heterocycles. The highest BCUT2D eigenvalue weighted by molar-refractivity contribution is 5.82. The fraction of sp³-hybridized carbons (Fsp3) is 0.917. The third-order valence-corrected chi connectivity index (χ3v) is 3.91. The highest BCUT2D eigenvalue weighted by Crippen LogP contribution is 2.29. The molecule has 2 rings (SSSR count). The monoisotopic (exact) mass is 210 g/mol. The van der Waals surface area contributed by atoms with E-state index in [1.165, 1.54) is 25.7 Å². The molecule has 0 bridgehead atoms. The fourth-order valence-electron chi connectivity index (χ4n) is 2.55. The van der Waals surface area contributed by atoms with E-state index in [-0.39, 0.29) is 6.04 Å². The quantitative estimate of drug-likeness (QED) is 0.760. The van der Waals surface area contributed by atoms with E-state index >= 15 is 0 Å². The van der Waals surface area contributed by atoms with Gasteiger partial charge in [0.05, 0.1) is 6.04 Å². The molecule has 0 aromatic rings. The first kappa shape index (κ1) is 10.9. The minimum Gasteiger partial charge on any atom is -0.341 e. The molecule has 2 aliphatic rings. The van der Waals surface area contributed by atoms with Gasteiger partial charge in [-0.25, -0.2) is 0 Å². The highest BCUT2D eigenvalue weighted by atomic mass is 16.2. The smallest absolute Gasteiger partial charge is 0.239 e. The van der Waals surface area contributed by atoms with Crippen LogP contribution in [0.25, 0.3) is 0 Å². The maximum atomic E-state index is 11.9. The fourth-order valence-corrected chi connectivity index (χ4v) is 2.55. The second kappa shape index (κ2) is 4.97. The number of amides is 1. The van der Waals surface area contributed by atoms with Crippen molar-refractivity contribution >= 4 is 5.91 Å². The molecule has 1 amide bonds. The minimum atomic E-state index is 0.0835. The molecule has 1 unspecified atom stereocenters. The molecule has 0 aromatic heterocycles. The van der Waals surface area contributed by atoms with Crippen molar-refractivity contribution in [2.75, 3.05) is 20.1 Å². The van der Waals surface area contributed by atoms with Crippen molar-refractivity contribution in [2.45, 2.75) is 44.6 Å². The van der Waals surface area contributed by atoms with E-state index in [1.807, 2.05) is 7.05 Å². The molecular formula is C12H22N2O. The highest BCUT2D eigenvalue weighted by Gasteiger charge is 2.28. The van der Waals surface area contributed by atoms with Gasteiger partial charge in [0, 0.05) is 13.1 Å². The lowest BCUT2D eigenvalue weighted by Gasteiger charge is -2.34. The van der Waals surface area contributed by atoms with E-state index < -0.39 is 0 Å². The van der Waals surface area contributed by atoms with Gasteiger partial charge < -0.3 is 10.2 Å². The van der Waals surface area contributed by atoms with Crippen LogP contribution < -0.4 is 5.32 Å². The summed E-state index contributed by atoms with van der Waals surface area (Å²) in [5.74, 6) is 1.23. The Balaban J connectivity index is 1.77. The van der Waals surface area contributed by atoms with Gasteiger partial charge >= 0.3 is 0 Å². The Kier molecular flexibility index (Phi) is 3.62. The van der Waals surface area contributed by atoms with E-state index in [4.69, 9.17) is 0 Å². The number of hydrogen-bond donors (Lipinski definition) is 1. The van der Waals surface area contributed by atoms with Crippen LogP contribution in [0.5, 0.6) is 0 Å². The summed E-state index contributed by atoms with van der Waals surface area (Å²) in [5.41, 5.74) is 0. The first-order valence-corrected chi connectivity index (χ1v) is 6.27. The van der Waals surface area contributed by atoms with Gasteiger partial charge in [-0.2, -0.15) is 0 Å². The van der Waals surface area contributed by atoms with E-state index in [0.717, 1.165) is 31.8 Å². The minimum absolute atomic E-state index is 0.0835. The average Bonchev–Trinajstić information content (AvgIpc) is 2.18. The summed E-state index contributed by atoms with van der Waals surface area (Å²) in [6.45, 7) is 1.96. The number of carbonyl (C=O) groups is 1. The van der Waals surface area contributed by atoms with Crippen molar-refractivity contribution in [2.24, 2.45) is 5.92 Å². The lowest BCUT2D eigenvalue weighted by atomic mass is 9.83. The zero-order valence-corrected chi connectivity index (χ0v) is 9.67. The Morgan fingerprint density at radius 2 is 2.13 bits per heavy atom. The van der Waals surface area contributed by atoms with Crippen molar-refractivity contribution < 1.29 is 4.79 Å². The van der Waals surface area contributed by atoms with E-state index in [9.17, 15) is 4.79 Å². The summed E-state index contributed by atoms with van der Waals surface area (Å²) in [6.07, 6.45) is 7.56. The molecule has 15 heavy (non-hydrogen) atoms. The Bertz CT molecular complexity index is 226. The SMILES string of the molecule is CNC1CCCN(CCC2CCC2)C1=O. The Morgan fingerprint density at radius 3 is 2.73 bits per heavy atom. The summed E-state index contributed by atoms with van der Waals surface area (Å²) in [6, 6.07) is 0.0835. The van der Waals surface area contributed by atoms with Crippen LogP contribution in [-0.2, 0) is 4.79 Å². The predicted octanol–water partition coefficient (Wildman–Crippen LogP) is 1.39. The predicted molar refractivity (Wildman–Crippen MR) is 60.6 cm³/mol. The number of likely N-dealkylation sites (tertiary alicyclic amines) is 1. The zero-order chi connectivity index (χ0) is 10.7. The zero-order valence-electron chi connectivity index (χ0n) is 9.67. The first-order valence-electron chi connectivity index (χ1n) is 6.27. The molecule has 3 nitrogen and oxygen atoms in total. The van der Waals surface area contributed by atoms with Crippen LogP contribution in [0.2, 0.25) is 0 Å². The van der Waals surface area contributed by atoms with Crippen LogP contribution in [0.3, 0.4) is 0 Å².